The van der Waals surface area contributed by atoms with E-state index in [1.165, 1.54) is 109 Å². The molecule has 0 aliphatic heterocycles. The molecule has 0 fully saturated rings. The van der Waals surface area contributed by atoms with Crippen LogP contribution in [0.5, 0.6) is 0 Å². The van der Waals surface area contributed by atoms with Crippen molar-refractivity contribution < 1.29 is 0 Å². The van der Waals surface area contributed by atoms with Gasteiger partial charge in [-0.1, -0.05) is 268 Å². The molecule has 1 heteroatoms. The summed E-state index contributed by atoms with van der Waals surface area (Å²) in [4.78, 5) is 0. The van der Waals surface area contributed by atoms with Crippen LogP contribution >= 0.6 is 11.3 Å². The molecule has 1 aromatic heterocycles. The lowest BCUT2D eigenvalue weighted by Crippen LogP contribution is -2.28. The maximum absolute atomic E-state index is 2.44. The smallest absolute Gasteiger partial charge is 0.0713 e. The third-order valence-corrected chi connectivity index (χ3v) is 15.0. The van der Waals surface area contributed by atoms with Crippen molar-refractivity contribution in [2.24, 2.45) is 0 Å². The molecule has 10 aromatic carbocycles. The summed E-state index contributed by atoms with van der Waals surface area (Å²) >= 11 is 1.88. The van der Waals surface area contributed by atoms with Gasteiger partial charge in [-0.25, -0.2) is 0 Å². The summed E-state index contributed by atoms with van der Waals surface area (Å²) in [7, 11) is 0. The molecule has 72 heavy (non-hydrogen) atoms. The zero-order chi connectivity index (χ0) is 50.8. The Morgan fingerprint density at radius 3 is 1.36 bits per heavy atom. The number of aryl methyl sites for hydroxylation is 7. The molecule has 0 amide bonds. The van der Waals surface area contributed by atoms with Crippen LogP contribution in [0.1, 0.15) is 94.5 Å². The van der Waals surface area contributed by atoms with E-state index >= 15 is 0 Å². The molecule has 0 saturated heterocycles. The molecular formula is C71H70S. The van der Waals surface area contributed by atoms with Gasteiger partial charge in [0, 0.05) is 20.2 Å². The van der Waals surface area contributed by atoms with Crippen molar-refractivity contribution in [1.29, 1.82) is 0 Å². The highest BCUT2D eigenvalue weighted by molar-refractivity contribution is 7.25. The molecule has 360 valence electrons. The Kier molecular flexibility index (Phi) is 16.2. The average molecular weight is 955 g/mol. The summed E-state index contributed by atoms with van der Waals surface area (Å²) in [5, 5.41) is 5.49. The van der Waals surface area contributed by atoms with Crippen molar-refractivity contribution in [1.82, 2.24) is 0 Å². The molecule has 0 radical (unpaired) electrons. The Hall–Kier alpha value is -7.32. The first kappa shape index (κ1) is 51.0. The summed E-state index contributed by atoms with van der Waals surface area (Å²) in [6.07, 6.45) is 1.11. The van der Waals surface area contributed by atoms with Gasteiger partial charge in [-0.05, 0) is 132 Å². The van der Waals surface area contributed by atoms with E-state index in [4.69, 9.17) is 0 Å². The Morgan fingerprint density at radius 1 is 0.375 bits per heavy atom. The maximum atomic E-state index is 2.44. The fourth-order valence-electron chi connectivity index (χ4n) is 9.86. The molecule has 0 bridgehead atoms. The van der Waals surface area contributed by atoms with Gasteiger partial charge in [-0.3, -0.25) is 0 Å². The molecule has 0 nitrogen and oxygen atoms in total. The molecule has 11 aromatic rings. The second-order valence-electron chi connectivity index (χ2n) is 20.4. The highest BCUT2D eigenvalue weighted by Crippen LogP contribution is 2.58. The van der Waals surface area contributed by atoms with E-state index in [2.05, 4.69) is 282 Å². The third kappa shape index (κ3) is 11.4. The van der Waals surface area contributed by atoms with E-state index in [0.717, 1.165) is 6.42 Å². The summed E-state index contributed by atoms with van der Waals surface area (Å²) in [5.41, 5.74) is 18.9. The predicted octanol–water partition coefficient (Wildman–Crippen LogP) is 20.0. The zero-order valence-corrected chi connectivity index (χ0v) is 44.9. The minimum atomic E-state index is -0.325. The van der Waals surface area contributed by atoms with Gasteiger partial charge in [-0.2, -0.15) is 0 Å². The number of rotatable bonds is 3. The van der Waals surface area contributed by atoms with Crippen LogP contribution in [0.25, 0.3) is 42.1 Å². The molecular weight excluding hydrogens is 885 g/mol. The van der Waals surface area contributed by atoms with Crippen LogP contribution in [0.2, 0.25) is 0 Å². The Bertz CT molecular complexity index is 3440. The van der Waals surface area contributed by atoms with Crippen molar-refractivity contribution >= 4 is 42.3 Å². The minimum Gasteiger partial charge on any atom is -0.135 e. The van der Waals surface area contributed by atoms with Gasteiger partial charge < -0.3 is 0 Å². The summed E-state index contributed by atoms with van der Waals surface area (Å²) in [6, 6.07) is 83.3. The van der Waals surface area contributed by atoms with Crippen LogP contribution in [0.4, 0.5) is 0 Å². The van der Waals surface area contributed by atoms with Crippen LogP contribution in [-0.2, 0) is 17.3 Å². The van der Waals surface area contributed by atoms with Gasteiger partial charge in [0.25, 0.3) is 0 Å². The first-order valence-electron chi connectivity index (χ1n) is 25.6. The van der Waals surface area contributed by atoms with Gasteiger partial charge >= 0.3 is 0 Å². The Morgan fingerprint density at radius 2 is 0.833 bits per heavy atom. The lowest BCUT2D eigenvalue weighted by Gasteiger charge is -2.34. The van der Waals surface area contributed by atoms with Crippen molar-refractivity contribution in [2.45, 2.75) is 86.5 Å². The van der Waals surface area contributed by atoms with E-state index in [9.17, 15) is 0 Å². The van der Waals surface area contributed by atoms with E-state index in [0.29, 0.717) is 0 Å². The predicted molar refractivity (Wildman–Crippen MR) is 316 cm³/mol. The molecule has 1 aliphatic rings. The van der Waals surface area contributed by atoms with Crippen molar-refractivity contribution in [3.8, 4) is 11.1 Å². The monoisotopic (exact) mass is 955 g/mol. The van der Waals surface area contributed by atoms with E-state index < -0.39 is 0 Å². The standard InChI is InChI=1S/C31H24.C14H12S.C11H16.C8H10.C7H8/c1-21-17-18-27-28(19-21)31(23-11-5-3-6-12-23,24-13-7-4-8-14-24)29-20-22(2)25-15-9-10-16-26(25)30(27)29;1-2-10-7-8-14-12(9-10)11-5-3-4-6-13(11)15-14;1-9-5-7-10(8-6-9)11(2,3)4;1-7-3-5-8(2)6-4-7;1-7-5-3-2-4-6-7/h3-20H,1-2H3;3-9H,2H2,1H3;5-8H,1-4H3;3-6H,1-2H3;2-6H,1H3. The first-order chi connectivity index (χ1) is 34.8. The Labute approximate surface area is 434 Å². The molecule has 0 unspecified atom stereocenters. The summed E-state index contributed by atoms with van der Waals surface area (Å²) < 4.78 is 2.79. The fraction of sp³-hybridized carbons (Fsp3) is 0.183. The van der Waals surface area contributed by atoms with Gasteiger partial charge in [0.1, 0.15) is 0 Å². The number of hydrogen-bond acceptors (Lipinski definition) is 1. The first-order valence-corrected chi connectivity index (χ1v) is 26.4. The second kappa shape index (κ2) is 22.8. The topological polar surface area (TPSA) is 0 Å². The van der Waals surface area contributed by atoms with Crippen molar-refractivity contribution in [3.05, 3.63) is 297 Å². The summed E-state index contributed by atoms with van der Waals surface area (Å²) in [6.45, 7) is 21.7. The normalized spacial score (nSPS) is 11.9. The van der Waals surface area contributed by atoms with E-state index in [1.54, 1.807) is 0 Å². The quantitative estimate of drug-likeness (QED) is 0.166. The van der Waals surface area contributed by atoms with Crippen LogP contribution in [0, 0.1) is 41.5 Å². The van der Waals surface area contributed by atoms with Crippen molar-refractivity contribution in [3.63, 3.8) is 0 Å². The number of thiophene rings is 1. The van der Waals surface area contributed by atoms with E-state index in [1.807, 2.05) is 29.5 Å². The molecule has 0 saturated carbocycles. The molecule has 0 N–H and O–H groups in total. The van der Waals surface area contributed by atoms with Gasteiger partial charge in [0.15, 0.2) is 0 Å². The Balaban J connectivity index is 0.000000140. The van der Waals surface area contributed by atoms with Crippen LogP contribution in [0.3, 0.4) is 0 Å². The summed E-state index contributed by atoms with van der Waals surface area (Å²) in [5.74, 6) is 0. The maximum Gasteiger partial charge on any atom is 0.0713 e. The largest absolute Gasteiger partial charge is 0.135 e. The molecule has 0 spiro atoms. The highest BCUT2D eigenvalue weighted by atomic mass is 32.1. The lowest BCUT2D eigenvalue weighted by atomic mass is 9.67. The fourth-order valence-corrected chi connectivity index (χ4v) is 10.9. The molecule has 1 aliphatic carbocycles. The molecule has 1 heterocycles. The van der Waals surface area contributed by atoms with Gasteiger partial charge in [-0.15, -0.1) is 11.3 Å². The molecule has 12 rings (SSSR count). The number of fused-ring (bicyclic) bond motifs is 8. The number of hydrogen-bond donors (Lipinski definition) is 0. The second-order valence-corrected chi connectivity index (χ2v) is 21.5. The average Bonchev–Trinajstić information content (AvgIpc) is 3.91. The van der Waals surface area contributed by atoms with E-state index in [-0.39, 0.29) is 10.8 Å². The zero-order valence-electron chi connectivity index (χ0n) is 44.1. The van der Waals surface area contributed by atoms with Crippen LogP contribution < -0.4 is 0 Å². The molecule has 0 atom stereocenters. The minimum absolute atomic E-state index is 0.285. The van der Waals surface area contributed by atoms with Crippen LogP contribution in [-0.4, -0.2) is 0 Å². The SMILES string of the molecule is CCc1ccc2sc3ccccc3c2c1.Cc1ccc(C(C)(C)C)cc1.Cc1ccc(C)cc1.Cc1ccc2c(c1)C(c1ccccc1)(c1ccccc1)c1cc(C)c3ccccc3c1-2.Cc1ccccc1. The van der Waals surface area contributed by atoms with Gasteiger partial charge in [0.2, 0.25) is 0 Å². The van der Waals surface area contributed by atoms with Crippen LogP contribution in [0.15, 0.2) is 231 Å². The number of benzene rings is 10. The van der Waals surface area contributed by atoms with Crippen molar-refractivity contribution in [2.75, 3.05) is 0 Å². The lowest BCUT2D eigenvalue weighted by molar-refractivity contribution is 0.590. The third-order valence-electron chi connectivity index (χ3n) is 13.8. The van der Waals surface area contributed by atoms with Gasteiger partial charge in [0.05, 0.1) is 5.41 Å². The highest BCUT2D eigenvalue weighted by Gasteiger charge is 2.46.